The molecule has 4 rings (SSSR count). The number of amides is 1. The van der Waals surface area contributed by atoms with Crippen molar-refractivity contribution >= 4 is 23.5 Å². The third-order valence-electron chi connectivity index (χ3n) is 4.79. The summed E-state index contributed by atoms with van der Waals surface area (Å²) < 4.78 is 0. The average molecular weight is 329 g/mol. The molecular formula is C17H17ClN4O. The Morgan fingerprint density at radius 1 is 1.26 bits per heavy atom. The number of fused-ring (bicyclic) bond motifs is 1. The minimum absolute atomic E-state index is 0.0458. The molecule has 118 valence electrons. The molecule has 2 aromatic rings. The predicted octanol–water partition coefficient (Wildman–Crippen LogP) is 3.13. The Balaban J connectivity index is 1.71. The number of rotatable bonds is 3. The molecular weight excluding hydrogens is 312 g/mol. The van der Waals surface area contributed by atoms with E-state index >= 15 is 0 Å². The topological polar surface area (TPSA) is 72.1 Å². The average Bonchev–Trinajstić information content (AvgIpc) is 3.32. The van der Waals surface area contributed by atoms with Crippen molar-refractivity contribution < 1.29 is 4.79 Å². The summed E-state index contributed by atoms with van der Waals surface area (Å²) in [5.74, 6) is 0.919. The number of anilines is 1. The number of nitrogen functional groups attached to an aromatic ring is 1. The van der Waals surface area contributed by atoms with Crippen LogP contribution in [0.4, 0.5) is 5.95 Å². The minimum atomic E-state index is 0.0458. The summed E-state index contributed by atoms with van der Waals surface area (Å²) in [5, 5.41) is 0.491. The summed E-state index contributed by atoms with van der Waals surface area (Å²) in [7, 11) is 0. The molecule has 2 aliphatic rings. The molecule has 1 atom stereocenters. The van der Waals surface area contributed by atoms with Crippen LogP contribution in [0.1, 0.15) is 35.7 Å². The highest BCUT2D eigenvalue weighted by atomic mass is 35.5. The molecule has 2 N–H and O–H groups in total. The molecule has 2 heterocycles. The molecule has 1 saturated carbocycles. The fraction of sp³-hybridized carbons (Fsp3) is 0.353. The van der Waals surface area contributed by atoms with Gasteiger partial charge in [0, 0.05) is 30.5 Å². The Kier molecular flexibility index (Phi) is 3.27. The minimum Gasteiger partial charge on any atom is -0.368 e. The number of nitrogens with zero attached hydrogens (tertiary/aromatic N) is 3. The van der Waals surface area contributed by atoms with Crippen LogP contribution in [-0.4, -0.2) is 26.8 Å². The van der Waals surface area contributed by atoms with E-state index in [0.29, 0.717) is 23.0 Å². The molecule has 1 aromatic heterocycles. The van der Waals surface area contributed by atoms with Crippen LogP contribution in [0, 0.1) is 5.92 Å². The molecule has 0 unspecified atom stereocenters. The van der Waals surface area contributed by atoms with Crippen LogP contribution in [0.5, 0.6) is 0 Å². The lowest BCUT2D eigenvalue weighted by molar-refractivity contribution is 0.0697. The van der Waals surface area contributed by atoms with Gasteiger partial charge >= 0.3 is 0 Å². The Bertz CT molecular complexity index is 786. The van der Waals surface area contributed by atoms with Crippen LogP contribution >= 0.6 is 11.6 Å². The van der Waals surface area contributed by atoms with Gasteiger partial charge in [-0.2, -0.15) is 0 Å². The summed E-state index contributed by atoms with van der Waals surface area (Å²) in [4.78, 5) is 22.7. The second kappa shape index (κ2) is 5.20. The number of aromatic nitrogens is 2. The molecule has 1 amide bonds. The molecule has 1 aliphatic carbocycles. The summed E-state index contributed by atoms with van der Waals surface area (Å²) >= 11 is 6.40. The van der Waals surface area contributed by atoms with Crippen molar-refractivity contribution in [2.24, 2.45) is 5.92 Å². The number of carbonyl (C=O) groups excluding carboxylic acids is 1. The first-order valence-electron chi connectivity index (χ1n) is 7.76. The Labute approximate surface area is 139 Å². The van der Waals surface area contributed by atoms with Gasteiger partial charge in [-0.15, -0.1) is 0 Å². The second-order valence-electron chi connectivity index (χ2n) is 6.33. The second-order valence-corrected chi connectivity index (χ2v) is 6.74. The number of halogens is 1. The monoisotopic (exact) mass is 328 g/mol. The van der Waals surface area contributed by atoms with E-state index in [1.807, 2.05) is 11.0 Å². The van der Waals surface area contributed by atoms with Crippen molar-refractivity contribution in [3.05, 3.63) is 40.7 Å². The first-order chi connectivity index (χ1) is 11.0. The molecule has 6 heteroatoms. The summed E-state index contributed by atoms with van der Waals surface area (Å²) in [5.41, 5.74) is 8.88. The van der Waals surface area contributed by atoms with Gasteiger partial charge in [-0.05, 0) is 48.9 Å². The fourth-order valence-electron chi connectivity index (χ4n) is 3.24. The van der Waals surface area contributed by atoms with E-state index in [0.717, 1.165) is 16.7 Å². The summed E-state index contributed by atoms with van der Waals surface area (Å²) in [6.45, 7) is 2.75. The maximum absolute atomic E-state index is 12.7. The third kappa shape index (κ3) is 2.45. The van der Waals surface area contributed by atoms with Gasteiger partial charge < -0.3 is 10.6 Å². The third-order valence-corrected chi connectivity index (χ3v) is 5.09. The number of hydrogen-bond acceptors (Lipinski definition) is 4. The number of carbonyl (C=O) groups is 1. The van der Waals surface area contributed by atoms with Gasteiger partial charge in [-0.25, -0.2) is 9.97 Å². The first kappa shape index (κ1) is 14.5. The van der Waals surface area contributed by atoms with Crippen LogP contribution in [-0.2, 0) is 6.54 Å². The van der Waals surface area contributed by atoms with E-state index in [2.05, 4.69) is 16.9 Å². The molecule has 1 fully saturated rings. The van der Waals surface area contributed by atoms with Crippen LogP contribution in [0.3, 0.4) is 0 Å². The van der Waals surface area contributed by atoms with Crippen molar-refractivity contribution in [3.8, 4) is 11.1 Å². The van der Waals surface area contributed by atoms with Crippen molar-refractivity contribution in [1.29, 1.82) is 0 Å². The Hall–Kier alpha value is -2.14. The van der Waals surface area contributed by atoms with Gasteiger partial charge in [-0.3, -0.25) is 4.79 Å². The van der Waals surface area contributed by atoms with E-state index in [1.54, 1.807) is 18.5 Å². The highest BCUT2D eigenvalue weighted by Gasteiger charge is 2.39. The Morgan fingerprint density at radius 2 is 1.96 bits per heavy atom. The van der Waals surface area contributed by atoms with Crippen molar-refractivity contribution in [2.75, 3.05) is 5.73 Å². The lowest BCUT2D eigenvalue weighted by Crippen LogP contribution is -2.34. The fourth-order valence-corrected chi connectivity index (χ4v) is 3.56. The molecule has 0 radical (unpaired) electrons. The van der Waals surface area contributed by atoms with Crippen LogP contribution < -0.4 is 5.73 Å². The van der Waals surface area contributed by atoms with Gasteiger partial charge in [0.15, 0.2) is 0 Å². The van der Waals surface area contributed by atoms with E-state index in [9.17, 15) is 4.79 Å². The van der Waals surface area contributed by atoms with Crippen molar-refractivity contribution in [3.63, 3.8) is 0 Å². The smallest absolute Gasteiger partial charge is 0.256 e. The van der Waals surface area contributed by atoms with Crippen molar-refractivity contribution in [2.45, 2.75) is 32.4 Å². The molecule has 0 spiro atoms. The SMILES string of the molecule is C[C@@H](C1CC1)N1Cc2cc(-c3cnc(N)nc3)cc(Cl)c2C1=O. The zero-order valence-electron chi connectivity index (χ0n) is 12.8. The summed E-state index contributed by atoms with van der Waals surface area (Å²) in [6.07, 6.45) is 5.76. The van der Waals surface area contributed by atoms with Gasteiger partial charge in [-0.1, -0.05) is 11.6 Å². The standard InChI is InChI=1S/C17H17ClN4O/c1-9(10-2-3-10)22-8-12-4-11(5-14(18)15(12)16(22)23)13-6-20-17(19)21-7-13/h4-7,9-10H,2-3,8H2,1H3,(H2,19,20,21)/t9-/m0/s1. The largest absolute Gasteiger partial charge is 0.368 e. The predicted molar refractivity (Wildman–Crippen MR) is 88.9 cm³/mol. The zero-order valence-corrected chi connectivity index (χ0v) is 13.5. The number of benzene rings is 1. The molecule has 23 heavy (non-hydrogen) atoms. The zero-order chi connectivity index (χ0) is 16.1. The normalized spacial score (nSPS) is 18.2. The highest BCUT2D eigenvalue weighted by Crippen LogP contribution is 2.40. The Morgan fingerprint density at radius 3 is 2.61 bits per heavy atom. The van der Waals surface area contributed by atoms with E-state index in [4.69, 9.17) is 17.3 Å². The van der Waals surface area contributed by atoms with Gasteiger partial charge in [0.1, 0.15) is 0 Å². The summed E-state index contributed by atoms with van der Waals surface area (Å²) in [6, 6.07) is 4.08. The van der Waals surface area contributed by atoms with E-state index in [1.165, 1.54) is 12.8 Å². The lowest BCUT2D eigenvalue weighted by atomic mass is 10.0. The van der Waals surface area contributed by atoms with Gasteiger partial charge in [0.25, 0.3) is 5.91 Å². The maximum atomic E-state index is 12.7. The molecule has 1 aromatic carbocycles. The molecule has 0 saturated heterocycles. The molecule has 5 nitrogen and oxygen atoms in total. The van der Waals surface area contributed by atoms with Gasteiger partial charge in [0.2, 0.25) is 5.95 Å². The van der Waals surface area contributed by atoms with Gasteiger partial charge in [0.05, 0.1) is 10.6 Å². The maximum Gasteiger partial charge on any atom is 0.256 e. The molecule has 0 bridgehead atoms. The quantitative estimate of drug-likeness (QED) is 0.939. The van der Waals surface area contributed by atoms with Crippen LogP contribution in [0.25, 0.3) is 11.1 Å². The van der Waals surface area contributed by atoms with Crippen LogP contribution in [0.15, 0.2) is 24.5 Å². The van der Waals surface area contributed by atoms with E-state index < -0.39 is 0 Å². The lowest BCUT2D eigenvalue weighted by Gasteiger charge is -2.23. The highest BCUT2D eigenvalue weighted by molar-refractivity contribution is 6.34. The van der Waals surface area contributed by atoms with E-state index in [-0.39, 0.29) is 17.9 Å². The van der Waals surface area contributed by atoms with Crippen LogP contribution in [0.2, 0.25) is 5.02 Å². The number of nitrogens with two attached hydrogens (primary N) is 1. The van der Waals surface area contributed by atoms with Crippen molar-refractivity contribution in [1.82, 2.24) is 14.9 Å². The first-order valence-corrected chi connectivity index (χ1v) is 8.13. The number of hydrogen-bond donors (Lipinski definition) is 1. The molecule has 1 aliphatic heterocycles.